The van der Waals surface area contributed by atoms with Crippen molar-refractivity contribution in [3.05, 3.63) is 32.5 Å². The van der Waals surface area contributed by atoms with E-state index in [1.165, 1.54) is 6.07 Å². The quantitative estimate of drug-likeness (QED) is 0.472. The number of nitrogens with zero attached hydrogens (tertiary/aromatic N) is 2. The monoisotopic (exact) mass is 333 g/mol. The normalized spacial score (nSPS) is 10.8. The highest BCUT2D eigenvalue weighted by Crippen LogP contribution is 2.30. The Morgan fingerprint density at radius 1 is 1.42 bits per heavy atom. The molecule has 0 heterocycles. The van der Waals surface area contributed by atoms with Crippen molar-refractivity contribution in [2.45, 2.75) is 12.8 Å². The van der Waals surface area contributed by atoms with E-state index in [0.29, 0.717) is 12.2 Å². The van der Waals surface area contributed by atoms with Crippen LogP contribution in [-0.4, -0.2) is 37.0 Å². The molecule has 0 fully saturated rings. The molecule has 19 heavy (non-hydrogen) atoms. The number of anilines is 1. The molecule has 0 unspecified atom stereocenters. The topological polar surface area (TPSA) is 58.4 Å². The summed E-state index contributed by atoms with van der Waals surface area (Å²) in [5.74, 6) is -0.634. The largest absolute Gasteiger partial charge is 0.379 e. The SMILES string of the molecule is CN(C)CCCCNc1cc(Br)c(F)cc1[N+](=O)[O-]. The van der Waals surface area contributed by atoms with Gasteiger partial charge in [0.05, 0.1) is 15.5 Å². The van der Waals surface area contributed by atoms with Gasteiger partial charge in [-0.2, -0.15) is 0 Å². The average Bonchev–Trinajstić information content (AvgIpc) is 2.32. The van der Waals surface area contributed by atoms with Crippen LogP contribution < -0.4 is 5.32 Å². The Hall–Kier alpha value is -1.21. The summed E-state index contributed by atoms with van der Waals surface area (Å²) >= 11 is 3.03. The highest BCUT2D eigenvalue weighted by atomic mass is 79.9. The maximum absolute atomic E-state index is 13.3. The standard InChI is InChI=1S/C12H17BrFN3O2/c1-16(2)6-4-3-5-15-11-7-9(13)10(14)8-12(11)17(18)19/h7-8,15H,3-6H2,1-2H3. The third kappa shape index (κ3) is 5.12. The zero-order valence-electron chi connectivity index (χ0n) is 10.9. The Kier molecular flexibility index (Phi) is 6.17. The van der Waals surface area contributed by atoms with Crippen molar-refractivity contribution in [2.24, 2.45) is 0 Å². The van der Waals surface area contributed by atoms with Gasteiger partial charge in [-0.25, -0.2) is 4.39 Å². The molecule has 0 bridgehead atoms. The maximum Gasteiger partial charge on any atom is 0.295 e. The fourth-order valence-corrected chi connectivity index (χ4v) is 1.95. The molecule has 0 aliphatic carbocycles. The van der Waals surface area contributed by atoms with Crippen LogP contribution in [0.15, 0.2) is 16.6 Å². The summed E-state index contributed by atoms with van der Waals surface area (Å²) in [7, 11) is 3.99. The molecule has 1 aromatic rings. The Bertz CT molecular complexity index is 455. The summed E-state index contributed by atoms with van der Waals surface area (Å²) in [5, 5.41) is 13.8. The molecule has 5 nitrogen and oxygen atoms in total. The van der Waals surface area contributed by atoms with Crippen molar-refractivity contribution < 1.29 is 9.31 Å². The van der Waals surface area contributed by atoms with Gasteiger partial charge in [-0.15, -0.1) is 0 Å². The number of halogens is 2. The van der Waals surface area contributed by atoms with Crippen molar-refractivity contribution in [2.75, 3.05) is 32.5 Å². The number of hydrogen-bond acceptors (Lipinski definition) is 4. The highest BCUT2D eigenvalue weighted by molar-refractivity contribution is 9.10. The molecule has 0 saturated carbocycles. The van der Waals surface area contributed by atoms with Crippen LogP contribution >= 0.6 is 15.9 Å². The van der Waals surface area contributed by atoms with Crippen LogP contribution in [-0.2, 0) is 0 Å². The van der Waals surface area contributed by atoms with Crippen molar-refractivity contribution in [3.8, 4) is 0 Å². The summed E-state index contributed by atoms with van der Waals surface area (Å²) in [6, 6.07) is 2.33. The first-order valence-electron chi connectivity index (χ1n) is 5.94. The third-order valence-electron chi connectivity index (χ3n) is 2.58. The van der Waals surface area contributed by atoms with Gasteiger partial charge < -0.3 is 10.2 Å². The first-order chi connectivity index (χ1) is 8.91. The molecule has 0 saturated heterocycles. The van der Waals surface area contributed by atoms with Crippen molar-refractivity contribution in [3.63, 3.8) is 0 Å². The smallest absolute Gasteiger partial charge is 0.295 e. The maximum atomic E-state index is 13.3. The number of benzene rings is 1. The highest BCUT2D eigenvalue weighted by Gasteiger charge is 2.17. The van der Waals surface area contributed by atoms with Crippen LogP contribution in [0.5, 0.6) is 0 Å². The first-order valence-corrected chi connectivity index (χ1v) is 6.73. The number of nitro groups is 1. The number of hydrogen-bond donors (Lipinski definition) is 1. The Labute approximate surface area is 120 Å². The lowest BCUT2D eigenvalue weighted by molar-refractivity contribution is -0.384. The van der Waals surface area contributed by atoms with E-state index in [4.69, 9.17) is 0 Å². The van der Waals surface area contributed by atoms with Gasteiger partial charge in [0, 0.05) is 6.54 Å². The van der Waals surface area contributed by atoms with Gasteiger partial charge in [0.1, 0.15) is 11.5 Å². The van der Waals surface area contributed by atoms with E-state index in [0.717, 1.165) is 25.5 Å². The van der Waals surface area contributed by atoms with E-state index < -0.39 is 10.7 Å². The van der Waals surface area contributed by atoms with E-state index in [-0.39, 0.29) is 10.2 Å². The molecule has 0 atom stereocenters. The fraction of sp³-hybridized carbons (Fsp3) is 0.500. The summed E-state index contributed by atoms with van der Waals surface area (Å²) in [6.07, 6.45) is 1.89. The Morgan fingerprint density at radius 3 is 2.68 bits per heavy atom. The lowest BCUT2D eigenvalue weighted by atomic mass is 10.2. The fourth-order valence-electron chi connectivity index (χ4n) is 1.61. The number of nitrogens with one attached hydrogen (secondary N) is 1. The molecule has 0 aromatic heterocycles. The van der Waals surface area contributed by atoms with Crippen LogP contribution in [0.25, 0.3) is 0 Å². The molecule has 7 heteroatoms. The van der Waals surface area contributed by atoms with Gasteiger partial charge in [0.25, 0.3) is 5.69 Å². The molecule has 1 aromatic carbocycles. The molecular formula is C12H17BrFN3O2. The van der Waals surface area contributed by atoms with Crippen LogP contribution in [0.3, 0.4) is 0 Å². The average molecular weight is 334 g/mol. The van der Waals surface area contributed by atoms with Gasteiger partial charge in [-0.05, 0) is 55.5 Å². The second kappa shape index (κ2) is 7.40. The molecule has 0 amide bonds. The minimum Gasteiger partial charge on any atom is -0.379 e. The van der Waals surface area contributed by atoms with Gasteiger partial charge in [0.2, 0.25) is 0 Å². The third-order valence-corrected chi connectivity index (χ3v) is 3.19. The van der Waals surface area contributed by atoms with Gasteiger partial charge in [-0.1, -0.05) is 0 Å². The molecule has 0 spiro atoms. The predicted octanol–water partition coefficient (Wildman–Crippen LogP) is 3.25. The lowest BCUT2D eigenvalue weighted by Gasteiger charge is -2.10. The number of unbranched alkanes of at least 4 members (excludes halogenated alkanes) is 1. The van der Waals surface area contributed by atoms with E-state index in [1.807, 2.05) is 14.1 Å². The molecule has 1 N–H and O–H groups in total. The summed E-state index contributed by atoms with van der Waals surface area (Å²) in [5.41, 5.74) is 0.0939. The van der Waals surface area contributed by atoms with E-state index in [2.05, 4.69) is 26.1 Å². The Morgan fingerprint density at radius 2 is 2.11 bits per heavy atom. The summed E-state index contributed by atoms with van der Waals surface area (Å²) in [4.78, 5) is 12.3. The van der Waals surface area contributed by atoms with Crippen molar-refractivity contribution >= 4 is 27.3 Å². The number of rotatable bonds is 7. The zero-order valence-corrected chi connectivity index (χ0v) is 12.5. The van der Waals surface area contributed by atoms with E-state index >= 15 is 0 Å². The molecule has 106 valence electrons. The molecule has 0 radical (unpaired) electrons. The lowest BCUT2D eigenvalue weighted by Crippen LogP contribution is -2.14. The van der Waals surface area contributed by atoms with Gasteiger partial charge in [-0.3, -0.25) is 10.1 Å². The van der Waals surface area contributed by atoms with Gasteiger partial charge >= 0.3 is 0 Å². The molecule has 0 aliphatic heterocycles. The summed E-state index contributed by atoms with van der Waals surface area (Å²) < 4.78 is 13.5. The molecule has 0 aliphatic rings. The predicted molar refractivity (Wildman–Crippen MR) is 77.0 cm³/mol. The van der Waals surface area contributed by atoms with Crippen LogP contribution in [0.1, 0.15) is 12.8 Å². The zero-order chi connectivity index (χ0) is 14.4. The second-order valence-electron chi connectivity index (χ2n) is 4.48. The van der Waals surface area contributed by atoms with Crippen molar-refractivity contribution in [1.82, 2.24) is 4.90 Å². The molecular weight excluding hydrogens is 317 g/mol. The first kappa shape index (κ1) is 15.8. The minimum atomic E-state index is -0.634. The number of nitro benzene ring substituents is 1. The van der Waals surface area contributed by atoms with Crippen LogP contribution in [0.2, 0.25) is 0 Å². The van der Waals surface area contributed by atoms with Gasteiger partial charge in [0.15, 0.2) is 0 Å². The minimum absolute atomic E-state index is 0.217. The summed E-state index contributed by atoms with van der Waals surface area (Å²) in [6.45, 7) is 1.59. The Balaban J connectivity index is 2.62. The van der Waals surface area contributed by atoms with Crippen LogP contribution in [0.4, 0.5) is 15.8 Å². The van der Waals surface area contributed by atoms with Crippen LogP contribution in [0, 0.1) is 15.9 Å². The second-order valence-corrected chi connectivity index (χ2v) is 5.33. The van der Waals surface area contributed by atoms with E-state index in [1.54, 1.807) is 0 Å². The van der Waals surface area contributed by atoms with E-state index in [9.17, 15) is 14.5 Å². The van der Waals surface area contributed by atoms with Crippen molar-refractivity contribution in [1.29, 1.82) is 0 Å². The molecule has 1 rings (SSSR count).